The monoisotopic (exact) mass is 319 g/mol. The number of carboxylic acid groups (broad SMARTS) is 1. The lowest BCUT2D eigenvalue weighted by atomic mass is 10.2. The largest absolute Gasteiger partial charge is 0.481 e. The van der Waals surface area contributed by atoms with Gasteiger partial charge in [0.2, 0.25) is 11.7 Å². The molecule has 2 N–H and O–H groups in total. The van der Waals surface area contributed by atoms with Gasteiger partial charge in [-0.2, -0.15) is 4.98 Å². The smallest absolute Gasteiger partial charge is 0.317 e. The van der Waals surface area contributed by atoms with E-state index in [2.05, 4.69) is 20.4 Å². The molecule has 122 valence electrons. The van der Waals surface area contributed by atoms with Gasteiger partial charge < -0.3 is 19.8 Å². The van der Waals surface area contributed by atoms with Crippen LogP contribution in [-0.2, 0) is 11.3 Å². The first-order chi connectivity index (χ1) is 11.0. The third kappa shape index (κ3) is 4.77. The minimum atomic E-state index is -0.973. The minimum Gasteiger partial charge on any atom is -0.481 e. The van der Waals surface area contributed by atoms with Crippen molar-refractivity contribution in [3.05, 3.63) is 30.4 Å². The molecule has 2 aromatic rings. The van der Waals surface area contributed by atoms with Crippen molar-refractivity contribution in [1.82, 2.24) is 25.3 Å². The SMILES string of the molecule is C[C@@H](CC(=O)O)NC(=O)N(C)Cc1nc(-c2ccncc2)no1. The van der Waals surface area contributed by atoms with Gasteiger partial charge >= 0.3 is 12.0 Å². The molecule has 0 aliphatic heterocycles. The first-order valence-corrected chi connectivity index (χ1v) is 6.92. The highest BCUT2D eigenvalue weighted by atomic mass is 16.5. The Morgan fingerprint density at radius 2 is 2.09 bits per heavy atom. The molecule has 1 atom stereocenters. The molecule has 9 nitrogen and oxygen atoms in total. The molecule has 0 saturated carbocycles. The van der Waals surface area contributed by atoms with E-state index in [0.717, 1.165) is 5.56 Å². The number of urea groups is 1. The van der Waals surface area contributed by atoms with Gasteiger partial charge in [0.1, 0.15) is 6.54 Å². The summed E-state index contributed by atoms with van der Waals surface area (Å²) in [6, 6.07) is 2.61. The zero-order chi connectivity index (χ0) is 16.8. The molecule has 23 heavy (non-hydrogen) atoms. The molecular formula is C14H17N5O4. The number of hydrogen-bond donors (Lipinski definition) is 2. The summed E-state index contributed by atoms with van der Waals surface area (Å²) >= 11 is 0. The van der Waals surface area contributed by atoms with Gasteiger partial charge in [-0.3, -0.25) is 9.78 Å². The summed E-state index contributed by atoms with van der Waals surface area (Å²) in [7, 11) is 1.55. The van der Waals surface area contributed by atoms with E-state index in [9.17, 15) is 9.59 Å². The van der Waals surface area contributed by atoms with Crippen LogP contribution < -0.4 is 5.32 Å². The molecule has 0 radical (unpaired) electrons. The highest BCUT2D eigenvalue weighted by Crippen LogP contribution is 2.14. The average Bonchev–Trinajstić information content (AvgIpc) is 2.95. The molecule has 9 heteroatoms. The number of nitrogens with one attached hydrogen (secondary N) is 1. The topological polar surface area (TPSA) is 121 Å². The van der Waals surface area contributed by atoms with Crippen molar-refractivity contribution in [2.24, 2.45) is 0 Å². The highest BCUT2D eigenvalue weighted by Gasteiger charge is 2.17. The van der Waals surface area contributed by atoms with Crippen LogP contribution in [0, 0.1) is 0 Å². The van der Waals surface area contributed by atoms with Crippen molar-refractivity contribution < 1.29 is 19.2 Å². The van der Waals surface area contributed by atoms with E-state index in [1.54, 1.807) is 38.5 Å². The number of carboxylic acids is 1. The number of rotatable bonds is 6. The Morgan fingerprint density at radius 1 is 1.39 bits per heavy atom. The van der Waals surface area contributed by atoms with Crippen molar-refractivity contribution in [1.29, 1.82) is 0 Å². The van der Waals surface area contributed by atoms with Crippen LogP contribution >= 0.6 is 0 Å². The lowest BCUT2D eigenvalue weighted by Crippen LogP contribution is -2.42. The van der Waals surface area contributed by atoms with E-state index in [1.165, 1.54) is 4.90 Å². The van der Waals surface area contributed by atoms with Crippen molar-refractivity contribution >= 4 is 12.0 Å². The Kier molecular flexibility index (Phi) is 5.23. The molecule has 0 fully saturated rings. The van der Waals surface area contributed by atoms with Crippen molar-refractivity contribution in [3.63, 3.8) is 0 Å². The predicted molar refractivity (Wildman–Crippen MR) is 79.2 cm³/mol. The van der Waals surface area contributed by atoms with Crippen molar-refractivity contribution in [2.45, 2.75) is 25.9 Å². The van der Waals surface area contributed by atoms with Crippen LogP contribution in [0.4, 0.5) is 4.79 Å². The molecule has 0 aliphatic carbocycles. The van der Waals surface area contributed by atoms with Crippen LogP contribution in [0.15, 0.2) is 29.0 Å². The maximum absolute atomic E-state index is 11.9. The summed E-state index contributed by atoms with van der Waals surface area (Å²) in [6.07, 6.45) is 3.09. The molecule has 0 bridgehead atoms. The van der Waals surface area contributed by atoms with Crippen LogP contribution in [0.3, 0.4) is 0 Å². The Balaban J connectivity index is 1.93. The second-order valence-corrected chi connectivity index (χ2v) is 5.05. The summed E-state index contributed by atoms with van der Waals surface area (Å²) in [6.45, 7) is 1.73. The van der Waals surface area contributed by atoms with Gasteiger partial charge in [0.25, 0.3) is 0 Å². The van der Waals surface area contributed by atoms with Crippen molar-refractivity contribution in [2.75, 3.05) is 7.05 Å². The molecule has 0 aliphatic rings. The zero-order valence-corrected chi connectivity index (χ0v) is 12.8. The van der Waals surface area contributed by atoms with Gasteiger partial charge in [0.15, 0.2) is 0 Å². The van der Waals surface area contributed by atoms with Gasteiger partial charge in [-0.05, 0) is 19.1 Å². The number of amides is 2. The number of nitrogens with zero attached hydrogens (tertiary/aromatic N) is 4. The first-order valence-electron chi connectivity index (χ1n) is 6.92. The van der Waals surface area contributed by atoms with E-state index in [-0.39, 0.29) is 18.9 Å². The van der Waals surface area contributed by atoms with Gasteiger partial charge in [0, 0.05) is 31.0 Å². The first kappa shape index (κ1) is 16.4. The third-order valence-corrected chi connectivity index (χ3v) is 2.98. The molecule has 0 saturated heterocycles. The highest BCUT2D eigenvalue weighted by molar-refractivity contribution is 5.75. The minimum absolute atomic E-state index is 0.115. The Bertz CT molecular complexity index is 673. The predicted octanol–water partition coefficient (Wildman–Crippen LogP) is 1.14. The summed E-state index contributed by atoms with van der Waals surface area (Å²) < 4.78 is 5.11. The second kappa shape index (κ2) is 7.34. The number of aromatic nitrogens is 3. The quantitative estimate of drug-likeness (QED) is 0.818. The Hall–Kier alpha value is -2.97. The summed E-state index contributed by atoms with van der Waals surface area (Å²) in [5.74, 6) is -0.282. The van der Waals surface area contributed by atoms with E-state index in [0.29, 0.717) is 5.82 Å². The van der Waals surface area contributed by atoms with Crippen LogP contribution in [0.25, 0.3) is 11.4 Å². The van der Waals surface area contributed by atoms with Gasteiger partial charge in [-0.15, -0.1) is 0 Å². The molecule has 2 aromatic heterocycles. The third-order valence-electron chi connectivity index (χ3n) is 2.98. The number of carbonyl (C=O) groups excluding carboxylic acids is 1. The fraction of sp³-hybridized carbons (Fsp3) is 0.357. The molecular weight excluding hydrogens is 302 g/mol. The van der Waals surface area contributed by atoms with E-state index < -0.39 is 18.0 Å². The lowest BCUT2D eigenvalue weighted by Gasteiger charge is -2.18. The second-order valence-electron chi connectivity index (χ2n) is 5.05. The number of pyridine rings is 1. The Morgan fingerprint density at radius 3 is 2.74 bits per heavy atom. The number of aliphatic carboxylic acids is 1. The van der Waals surface area contributed by atoms with E-state index in [1.807, 2.05) is 0 Å². The average molecular weight is 319 g/mol. The van der Waals surface area contributed by atoms with Gasteiger partial charge in [-0.25, -0.2) is 4.79 Å². The fourth-order valence-electron chi connectivity index (χ4n) is 1.85. The molecule has 0 spiro atoms. The standard InChI is InChI=1S/C14H17N5O4/c1-9(7-12(20)21)16-14(22)19(2)8-11-17-13(18-23-11)10-3-5-15-6-4-10/h3-6,9H,7-8H2,1-2H3,(H,16,22)(H,20,21)/t9-/m0/s1. The molecule has 0 aromatic carbocycles. The maximum Gasteiger partial charge on any atom is 0.317 e. The number of hydrogen-bond acceptors (Lipinski definition) is 6. The maximum atomic E-state index is 11.9. The zero-order valence-electron chi connectivity index (χ0n) is 12.8. The molecule has 0 unspecified atom stereocenters. The normalized spacial score (nSPS) is 11.7. The number of carbonyl (C=O) groups is 2. The van der Waals surface area contributed by atoms with Gasteiger partial charge in [0.05, 0.1) is 6.42 Å². The molecule has 2 heterocycles. The summed E-state index contributed by atoms with van der Waals surface area (Å²) in [4.78, 5) is 32.0. The van der Waals surface area contributed by atoms with Crippen molar-refractivity contribution in [3.8, 4) is 11.4 Å². The van der Waals surface area contributed by atoms with E-state index >= 15 is 0 Å². The van der Waals surface area contributed by atoms with Crippen LogP contribution in [0.5, 0.6) is 0 Å². The summed E-state index contributed by atoms with van der Waals surface area (Å²) in [5.41, 5.74) is 0.761. The van der Waals surface area contributed by atoms with E-state index in [4.69, 9.17) is 9.63 Å². The molecule has 2 rings (SSSR count). The van der Waals surface area contributed by atoms with Crippen LogP contribution in [-0.4, -0.2) is 50.2 Å². The van der Waals surface area contributed by atoms with Crippen LogP contribution in [0.1, 0.15) is 19.2 Å². The Labute approximate surface area is 132 Å². The molecule has 2 amide bonds. The van der Waals surface area contributed by atoms with Gasteiger partial charge in [-0.1, -0.05) is 5.16 Å². The summed E-state index contributed by atoms with van der Waals surface area (Å²) in [5, 5.41) is 15.1. The van der Waals surface area contributed by atoms with Crippen LogP contribution in [0.2, 0.25) is 0 Å². The fourth-order valence-corrected chi connectivity index (χ4v) is 1.85. The lowest BCUT2D eigenvalue weighted by molar-refractivity contribution is -0.137.